The molecule has 0 radical (unpaired) electrons. The maximum atomic E-state index is 13.1. The van der Waals surface area contributed by atoms with Crippen LogP contribution in [-0.2, 0) is 22.4 Å². The summed E-state index contributed by atoms with van der Waals surface area (Å²) in [6.07, 6.45) is -9.04. The molecule has 0 fully saturated rings. The quantitative estimate of drug-likeness (QED) is 0.567. The lowest BCUT2D eigenvalue weighted by Gasteiger charge is -2.16. The van der Waals surface area contributed by atoms with E-state index < -0.39 is 38.4 Å². The summed E-state index contributed by atoms with van der Waals surface area (Å²) in [5.74, 6) is -0.000282. The first-order valence-electron chi connectivity index (χ1n) is 8.49. The number of sulfonamides is 1. The third-order valence-electron chi connectivity index (χ3n) is 4.11. The lowest BCUT2D eigenvalue weighted by atomic mass is 10.1. The molecule has 0 bridgehead atoms. The molecule has 3 aromatic rings. The van der Waals surface area contributed by atoms with Gasteiger partial charge >= 0.3 is 12.4 Å². The second-order valence-electron chi connectivity index (χ2n) is 6.56. The second kappa shape index (κ2) is 7.55. The van der Waals surface area contributed by atoms with Crippen molar-refractivity contribution in [2.45, 2.75) is 31.1 Å². The average Bonchev–Trinajstić information content (AvgIpc) is 2.98. The van der Waals surface area contributed by atoms with E-state index in [9.17, 15) is 34.8 Å². The Hall–Kier alpha value is -3.09. The first-order chi connectivity index (χ1) is 14.2. The van der Waals surface area contributed by atoms with Crippen molar-refractivity contribution in [3.8, 4) is 5.82 Å². The highest BCUT2D eigenvalue weighted by atomic mass is 32.2. The van der Waals surface area contributed by atoms with Crippen LogP contribution in [0.5, 0.6) is 0 Å². The van der Waals surface area contributed by atoms with Crippen LogP contribution in [0.3, 0.4) is 0 Å². The summed E-state index contributed by atoms with van der Waals surface area (Å²) in [7, 11) is -4.85. The summed E-state index contributed by atoms with van der Waals surface area (Å²) in [6, 6.07) is 4.41. The molecule has 0 atom stereocenters. The molecule has 0 aliphatic rings. The second-order valence-corrected chi connectivity index (χ2v) is 8.24. The van der Waals surface area contributed by atoms with Crippen LogP contribution in [0.1, 0.15) is 22.5 Å². The Labute approximate surface area is 172 Å². The first kappa shape index (κ1) is 22.6. The normalized spacial score (nSPS) is 12.8. The summed E-state index contributed by atoms with van der Waals surface area (Å²) in [5, 5.41) is 4.16. The monoisotopic (exact) mass is 464 g/mol. The van der Waals surface area contributed by atoms with Gasteiger partial charge in [-0.1, -0.05) is 0 Å². The van der Waals surface area contributed by atoms with Gasteiger partial charge in [-0.15, -0.1) is 0 Å². The number of benzene rings is 1. The van der Waals surface area contributed by atoms with Crippen LogP contribution < -0.4 is 4.72 Å². The van der Waals surface area contributed by atoms with E-state index in [2.05, 4.69) is 10.1 Å². The third-order valence-corrected chi connectivity index (χ3v) is 5.46. The number of aryl methyl sites for hydroxylation is 2. The molecule has 1 aromatic carbocycles. The van der Waals surface area contributed by atoms with Gasteiger partial charge in [0.05, 0.1) is 27.4 Å². The topological polar surface area (TPSA) is 76.9 Å². The molecule has 13 heteroatoms. The fourth-order valence-corrected chi connectivity index (χ4v) is 3.90. The third kappa shape index (κ3) is 4.81. The molecule has 0 unspecified atom stereocenters. The number of anilines is 1. The maximum Gasteiger partial charge on any atom is 0.416 e. The SMILES string of the molecule is Cc1cc(C)n(-c2ncccc2NS(=O)(=O)c2cc(C(F)(F)F)cc(C(F)(F)F)c2)n1. The van der Waals surface area contributed by atoms with Crippen LogP contribution in [0.4, 0.5) is 32.0 Å². The lowest BCUT2D eigenvalue weighted by molar-refractivity contribution is -0.143. The van der Waals surface area contributed by atoms with Gasteiger partial charge in [-0.3, -0.25) is 4.72 Å². The Balaban J connectivity index is 2.12. The maximum absolute atomic E-state index is 13.1. The number of hydrogen-bond acceptors (Lipinski definition) is 4. The summed E-state index contributed by atoms with van der Waals surface area (Å²) < 4.78 is 107. The summed E-state index contributed by atoms with van der Waals surface area (Å²) in [5.41, 5.74) is -2.50. The van der Waals surface area contributed by atoms with Crippen molar-refractivity contribution >= 4 is 15.7 Å². The highest BCUT2D eigenvalue weighted by molar-refractivity contribution is 7.92. The number of rotatable bonds is 4. The van der Waals surface area contributed by atoms with E-state index in [1.54, 1.807) is 19.9 Å². The molecule has 31 heavy (non-hydrogen) atoms. The average molecular weight is 464 g/mol. The molecule has 2 heterocycles. The zero-order valence-electron chi connectivity index (χ0n) is 15.9. The Morgan fingerprint density at radius 2 is 1.52 bits per heavy atom. The van der Waals surface area contributed by atoms with Gasteiger partial charge in [-0.2, -0.15) is 31.4 Å². The molecule has 2 aromatic heterocycles. The number of halogens is 6. The molecule has 0 saturated heterocycles. The summed E-state index contributed by atoms with van der Waals surface area (Å²) in [6.45, 7) is 3.34. The summed E-state index contributed by atoms with van der Waals surface area (Å²) >= 11 is 0. The molecule has 0 aliphatic heterocycles. The van der Waals surface area contributed by atoms with Crippen molar-refractivity contribution in [3.05, 3.63) is 65.1 Å². The number of alkyl halides is 6. The molecule has 0 amide bonds. The Bertz CT molecular complexity index is 1200. The molecular weight excluding hydrogens is 450 g/mol. The Morgan fingerprint density at radius 3 is 2.00 bits per heavy atom. The van der Waals surface area contributed by atoms with Gasteiger partial charge in [0, 0.05) is 11.9 Å². The highest BCUT2D eigenvalue weighted by Crippen LogP contribution is 2.37. The van der Waals surface area contributed by atoms with Gasteiger partial charge in [0.15, 0.2) is 5.82 Å². The number of nitrogens with zero attached hydrogens (tertiary/aromatic N) is 3. The number of pyridine rings is 1. The van der Waals surface area contributed by atoms with E-state index in [1.807, 2.05) is 4.72 Å². The van der Waals surface area contributed by atoms with E-state index in [1.165, 1.54) is 23.0 Å². The standard InChI is InChI=1S/C18H14F6N4O2S/c1-10-6-11(2)28(26-10)16-15(4-3-5-25-16)27-31(29,30)14-8-12(17(19,20)21)7-13(9-14)18(22,23)24/h3-9,27H,1-2H3. The van der Waals surface area contributed by atoms with Crippen molar-refractivity contribution in [2.24, 2.45) is 0 Å². The van der Waals surface area contributed by atoms with Crippen molar-refractivity contribution in [1.29, 1.82) is 0 Å². The number of nitrogens with one attached hydrogen (secondary N) is 1. The number of hydrogen-bond donors (Lipinski definition) is 1. The Morgan fingerprint density at radius 1 is 0.935 bits per heavy atom. The zero-order valence-corrected chi connectivity index (χ0v) is 16.7. The van der Waals surface area contributed by atoms with E-state index in [0.29, 0.717) is 11.4 Å². The predicted molar refractivity (Wildman–Crippen MR) is 98.1 cm³/mol. The molecule has 0 spiro atoms. The highest BCUT2D eigenvalue weighted by Gasteiger charge is 2.38. The smallest absolute Gasteiger partial charge is 0.276 e. The zero-order chi connectivity index (χ0) is 23.2. The first-order valence-corrected chi connectivity index (χ1v) is 9.98. The van der Waals surface area contributed by atoms with Gasteiger partial charge in [-0.25, -0.2) is 18.1 Å². The fourth-order valence-electron chi connectivity index (χ4n) is 2.77. The van der Waals surface area contributed by atoms with Gasteiger partial charge in [-0.05, 0) is 50.2 Å². The van der Waals surface area contributed by atoms with Gasteiger partial charge in [0.1, 0.15) is 0 Å². The molecule has 0 aliphatic carbocycles. The minimum absolute atomic E-state index is 0.000282. The molecule has 1 N–H and O–H groups in total. The van der Waals surface area contributed by atoms with Crippen molar-refractivity contribution in [3.63, 3.8) is 0 Å². The molecule has 0 saturated carbocycles. The molecule has 3 rings (SSSR count). The van der Waals surface area contributed by atoms with Crippen LogP contribution in [-0.4, -0.2) is 23.2 Å². The van der Waals surface area contributed by atoms with Crippen molar-refractivity contribution in [1.82, 2.24) is 14.8 Å². The predicted octanol–water partition coefficient (Wildman–Crippen LogP) is 4.72. The minimum Gasteiger partial charge on any atom is -0.276 e. The van der Waals surface area contributed by atoms with E-state index >= 15 is 0 Å². The summed E-state index contributed by atoms with van der Waals surface area (Å²) in [4.78, 5) is 2.83. The fraction of sp³-hybridized carbons (Fsp3) is 0.222. The largest absolute Gasteiger partial charge is 0.416 e. The van der Waals surface area contributed by atoms with Gasteiger partial charge in [0.2, 0.25) is 0 Å². The minimum atomic E-state index is -5.19. The van der Waals surface area contributed by atoms with Gasteiger partial charge in [0.25, 0.3) is 10.0 Å². The van der Waals surface area contributed by atoms with Crippen LogP contribution in [0.2, 0.25) is 0 Å². The molecule has 6 nitrogen and oxygen atoms in total. The van der Waals surface area contributed by atoms with Crippen LogP contribution in [0, 0.1) is 13.8 Å². The number of aromatic nitrogens is 3. The van der Waals surface area contributed by atoms with Crippen molar-refractivity contribution in [2.75, 3.05) is 4.72 Å². The van der Waals surface area contributed by atoms with Crippen LogP contribution in [0.25, 0.3) is 5.82 Å². The Kier molecular flexibility index (Phi) is 5.50. The molecular formula is C18H14F6N4O2S. The lowest BCUT2D eigenvalue weighted by Crippen LogP contribution is -2.19. The van der Waals surface area contributed by atoms with Crippen molar-refractivity contribution < 1.29 is 34.8 Å². The van der Waals surface area contributed by atoms with E-state index in [4.69, 9.17) is 0 Å². The van der Waals surface area contributed by atoms with Crippen LogP contribution in [0.15, 0.2) is 47.5 Å². The van der Waals surface area contributed by atoms with E-state index in [0.717, 1.165) is 0 Å². The molecule has 166 valence electrons. The van der Waals surface area contributed by atoms with E-state index in [-0.39, 0.29) is 29.7 Å². The van der Waals surface area contributed by atoms with Gasteiger partial charge < -0.3 is 0 Å². The van der Waals surface area contributed by atoms with Crippen LogP contribution >= 0.6 is 0 Å².